The van der Waals surface area contributed by atoms with E-state index in [4.69, 9.17) is 27.2 Å². The van der Waals surface area contributed by atoms with Gasteiger partial charge in [0.1, 0.15) is 5.82 Å². The number of aliphatic hydroxyl groups excluding tert-OH is 1. The average molecular weight is 272 g/mol. The van der Waals surface area contributed by atoms with Gasteiger partial charge in [-0.15, -0.1) is 0 Å². The predicted octanol–water partition coefficient (Wildman–Crippen LogP) is 0.151. The minimum absolute atomic E-state index is 0.107. The lowest BCUT2D eigenvalue weighted by atomic mass is 10.2. The van der Waals surface area contributed by atoms with Gasteiger partial charge in [0.15, 0.2) is 0 Å². The number of nitrogens with zero attached hydrogens (tertiary/aromatic N) is 2. The van der Waals surface area contributed by atoms with Gasteiger partial charge in [0.2, 0.25) is 0 Å². The Morgan fingerprint density at radius 1 is 1.72 bits per heavy atom. The van der Waals surface area contributed by atoms with E-state index in [1.165, 1.54) is 12.3 Å². The van der Waals surface area contributed by atoms with Crippen LogP contribution in [0.3, 0.4) is 0 Å². The summed E-state index contributed by atoms with van der Waals surface area (Å²) in [6, 6.07) is 1.50. The van der Waals surface area contributed by atoms with E-state index in [0.717, 1.165) is 0 Å². The van der Waals surface area contributed by atoms with Crippen molar-refractivity contribution in [3.63, 3.8) is 0 Å². The van der Waals surface area contributed by atoms with Crippen molar-refractivity contribution < 1.29 is 14.6 Å². The molecule has 0 spiro atoms. The fourth-order valence-corrected chi connectivity index (χ4v) is 1.93. The zero-order valence-corrected chi connectivity index (χ0v) is 10.4. The van der Waals surface area contributed by atoms with E-state index in [1.54, 1.807) is 4.90 Å². The van der Waals surface area contributed by atoms with Gasteiger partial charge in [-0.25, -0.2) is 4.98 Å². The number of hydrogen-bond acceptors (Lipinski definition) is 5. The zero-order chi connectivity index (χ0) is 13.1. The van der Waals surface area contributed by atoms with Crippen LogP contribution in [0.15, 0.2) is 12.3 Å². The van der Waals surface area contributed by atoms with Crippen LogP contribution in [0.4, 0.5) is 5.82 Å². The van der Waals surface area contributed by atoms with Gasteiger partial charge in [-0.3, -0.25) is 4.79 Å². The van der Waals surface area contributed by atoms with Crippen LogP contribution in [0.25, 0.3) is 0 Å². The lowest BCUT2D eigenvalue weighted by molar-refractivity contribution is -0.0447. The molecule has 1 aliphatic rings. The minimum atomic E-state index is -0.333. The van der Waals surface area contributed by atoms with E-state index >= 15 is 0 Å². The fraction of sp³-hybridized carbons (Fsp3) is 0.455. The van der Waals surface area contributed by atoms with Crippen molar-refractivity contribution in [3.05, 3.63) is 22.8 Å². The summed E-state index contributed by atoms with van der Waals surface area (Å²) in [5.41, 5.74) is 5.87. The summed E-state index contributed by atoms with van der Waals surface area (Å²) < 4.78 is 5.28. The molecular formula is C11H14ClN3O3. The number of pyridine rings is 1. The summed E-state index contributed by atoms with van der Waals surface area (Å²) in [6.07, 6.45) is 1.06. The quantitative estimate of drug-likeness (QED) is 0.799. The van der Waals surface area contributed by atoms with Crippen molar-refractivity contribution in [1.82, 2.24) is 9.88 Å². The Bertz CT molecular complexity index is 455. The predicted molar refractivity (Wildman–Crippen MR) is 66.4 cm³/mol. The molecule has 1 saturated heterocycles. The number of ether oxygens (including phenoxy) is 1. The van der Waals surface area contributed by atoms with Gasteiger partial charge in [0.25, 0.3) is 5.91 Å². The Morgan fingerprint density at radius 3 is 3.17 bits per heavy atom. The van der Waals surface area contributed by atoms with Crippen LogP contribution in [0.5, 0.6) is 0 Å². The van der Waals surface area contributed by atoms with E-state index in [2.05, 4.69) is 4.98 Å². The first kappa shape index (κ1) is 13.1. The number of rotatable bonds is 2. The summed E-state index contributed by atoms with van der Waals surface area (Å²) in [5.74, 6) is 0.00887. The lowest BCUT2D eigenvalue weighted by Crippen LogP contribution is -2.46. The third-order valence-corrected chi connectivity index (χ3v) is 3.05. The Hall–Kier alpha value is -1.37. The SMILES string of the molecule is Nc1ncc(C(=O)N2CCOC(CO)C2)cc1Cl. The molecule has 7 heteroatoms. The smallest absolute Gasteiger partial charge is 0.255 e. The Kier molecular flexibility index (Phi) is 4.00. The standard InChI is InChI=1S/C11H14ClN3O3/c12-9-3-7(4-14-10(9)13)11(17)15-1-2-18-8(5-15)6-16/h3-4,8,16H,1-2,5-6H2,(H2,13,14). The molecule has 1 atom stereocenters. The van der Waals surface area contributed by atoms with E-state index in [9.17, 15) is 4.79 Å². The van der Waals surface area contributed by atoms with E-state index in [-0.39, 0.29) is 29.5 Å². The fourth-order valence-electron chi connectivity index (χ4n) is 1.76. The van der Waals surface area contributed by atoms with Crippen molar-refractivity contribution in [1.29, 1.82) is 0 Å². The van der Waals surface area contributed by atoms with Gasteiger partial charge in [-0.05, 0) is 6.07 Å². The molecule has 1 aromatic rings. The molecule has 1 fully saturated rings. The number of amides is 1. The van der Waals surface area contributed by atoms with Gasteiger partial charge in [0.05, 0.1) is 29.9 Å². The summed E-state index contributed by atoms with van der Waals surface area (Å²) in [7, 11) is 0. The highest BCUT2D eigenvalue weighted by atomic mass is 35.5. The number of aliphatic hydroxyl groups is 1. The first-order valence-corrected chi connectivity index (χ1v) is 5.92. The first-order chi connectivity index (χ1) is 8.61. The number of hydrogen-bond donors (Lipinski definition) is 2. The molecule has 1 amide bonds. The highest BCUT2D eigenvalue weighted by Gasteiger charge is 2.25. The second-order valence-electron chi connectivity index (χ2n) is 4.02. The van der Waals surface area contributed by atoms with Crippen molar-refractivity contribution in [2.24, 2.45) is 0 Å². The Morgan fingerprint density at radius 2 is 2.50 bits per heavy atom. The number of anilines is 1. The van der Waals surface area contributed by atoms with Crippen LogP contribution in [-0.4, -0.2) is 53.3 Å². The van der Waals surface area contributed by atoms with Crippen molar-refractivity contribution in [2.75, 3.05) is 32.0 Å². The van der Waals surface area contributed by atoms with E-state index < -0.39 is 0 Å². The highest BCUT2D eigenvalue weighted by Crippen LogP contribution is 2.18. The molecule has 1 unspecified atom stereocenters. The number of carbonyl (C=O) groups excluding carboxylic acids is 1. The number of halogens is 1. The van der Waals surface area contributed by atoms with Crippen LogP contribution in [0, 0.1) is 0 Å². The van der Waals surface area contributed by atoms with E-state index in [0.29, 0.717) is 25.3 Å². The number of morpholine rings is 1. The van der Waals surface area contributed by atoms with Gasteiger partial charge in [-0.2, -0.15) is 0 Å². The molecule has 0 saturated carbocycles. The molecule has 1 aromatic heterocycles. The number of aromatic nitrogens is 1. The van der Waals surface area contributed by atoms with Crippen molar-refractivity contribution in [3.8, 4) is 0 Å². The van der Waals surface area contributed by atoms with Crippen LogP contribution >= 0.6 is 11.6 Å². The van der Waals surface area contributed by atoms with Crippen molar-refractivity contribution >= 4 is 23.3 Å². The average Bonchev–Trinajstić information content (AvgIpc) is 2.41. The molecule has 2 rings (SSSR count). The normalized spacial score (nSPS) is 19.9. The zero-order valence-electron chi connectivity index (χ0n) is 9.67. The van der Waals surface area contributed by atoms with Gasteiger partial charge in [-0.1, -0.05) is 11.6 Å². The maximum atomic E-state index is 12.2. The molecule has 6 nitrogen and oxygen atoms in total. The molecular weight excluding hydrogens is 258 g/mol. The molecule has 98 valence electrons. The third-order valence-electron chi connectivity index (χ3n) is 2.75. The van der Waals surface area contributed by atoms with Crippen LogP contribution in [0.2, 0.25) is 5.02 Å². The molecule has 2 heterocycles. The second kappa shape index (κ2) is 5.51. The maximum absolute atomic E-state index is 12.2. The monoisotopic (exact) mass is 271 g/mol. The largest absolute Gasteiger partial charge is 0.394 e. The minimum Gasteiger partial charge on any atom is -0.394 e. The summed E-state index contributed by atoms with van der Waals surface area (Å²) in [5, 5.41) is 9.29. The molecule has 0 bridgehead atoms. The number of nitrogen functional groups attached to an aromatic ring is 1. The van der Waals surface area contributed by atoms with Crippen molar-refractivity contribution in [2.45, 2.75) is 6.10 Å². The second-order valence-corrected chi connectivity index (χ2v) is 4.42. The molecule has 0 radical (unpaired) electrons. The van der Waals surface area contributed by atoms with Crippen LogP contribution < -0.4 is 5.73 Å². The molecule has 0 aromatic carbocycles. The number of carbonyl (C=O) groups is 1. The lowest BCUT2D eigenvalue weighted by Gasteiger charge is -2.32. The first-order valence-electron chi connectivity index (χ1n) is 5.54. The van der Waals surface area contributed by atoms with Gasteiger partial charge in [0, 0.05) is 19.3 Å². The van der Waals surface area contributed by atoms with E-state index in [1.807, 2.05) is 0 Å². The van der Waals surface area contributed by atoms with Crippen LogP contribution in [-0.2, 0) is 4.74 Å². The van der Waals surface area contributed by atoms with Gasteiger partial charge < -0.3 is 20.5 Å². The summed E-state index contributed by atoms with van der Waals surface area (Å²) in [4.78, 5) is 17.6. The molecule has 1 aliphatic heterocycles. The third kappa shape index (κ3) is 2.72. The van der Waals surface area contributed by atoms with Crippen LogP contribution in [0.1, 0.15) is 10.4 Å². The number of nitrogens with two attached hydrogens (primary N) is 1. The van der Waals surface area contributed by atoms with Gasteiger partial charge >= 0.3 is 0 Å². The molecule has 3 N–H and O–H groups in total. The molecule has 18 heavy (non-hydrogen) atoms. The summed E-state index contributed by atoms with van der Waals surface area (Å²) >= 11 is 5.83. The topological polar surface area (TPSA) is 88.7 Å². The maximum Gasteiger partial charge on any atom is 0.255 e. The Balaban J connectivity index is 2.12. The highest BCUT2D eigenvalue weighted by molar-refractivity contribution is 6.33. The Labute approximate surface area is 109 Å². The summed E-state index contributed by atoms with van der Waals surface area (Å²) in [6.45, 7) is 1.15. The molecule has 0 aliphatic carbocycles.